The van der Waals surface area contributed by atoms with Crippen LogP contribution in [-0.2, 0) is 4.57 Å². The Hall–Kier alpha value is -2.23. The molecular formula is C18H15BrNO3P. The van der Waals surface area contributed by atoms with Gasteiger partial charge in [0.25, 0.3) is 0 Å². The van der Waals surface area contributed by atoms with Gasteiger partial charge in [-0.1, -0.05) is 48.5 Å². The molecule has 6 heteroatoms. The Morgan fingerprint density at radius 2 is 1.17 bits per heavy atom. The zero-order valence-corrected chi connectivity index (χ0v) is 15.1. The Balaban J connectivity index is 1.91. The first-order chi connectivity index (χ1) is 11.6. The summed E-state index contributed by atoms with van der Waals surface area (Å²) in [7, 11) is -3.69. The molecule has 0 saturated carbocycles. The molecule has 0 unspecified atom stereocenters. The molecule has 0 saturated heterocycles. The molecule has 0 aliphatic rings. The van der Waals surface area contributed by atoms with Crippen molar-refractivity contribution in [1.29, 1.82) is 0 Å². The highest BCUT2D eigenvalue weighted by molar-refractivity contribution is 9.10. The molecule has 3 aromatic carbocycles. The summed E-state index contributed by atoms with van der Waals surface area (Å²) < 4.78 is 25.4. The van der Waals surface area contributed by atoms with Crippen molar-refractivity contribution in [2.75, 3.05) is 5.09 Å². The summed E-state index contributed by atoms with van der Waals surface area (Å²) in [5.74, 6) is 0.910. The molecular weight excluding hydrogens is 389 g/mol. The van der Waals surface area contributed by atoms with E-state index < -0.39 is 7.75 Å². The largest absolute Gasteiger partial charge is 0.541 e. The third-order valence-electron chi connectivity index (χ3n) is 3.07. The summed E-state index contributed by atoms with van der Waals surface area (Å²) >= 11 is 3.43. The van der Waals surface area contributed by atoms with Crippen LogP contribution in [0.4, 0.5) is 5.69 Å². The molecule has 0 aliphatic carbocycles. The molecule has 0 fully saturated rings. The molecule has 24 heavy (non-hydrogen) atoms. The number of hydrogen-bond acceptors (Lipinski definition) is 3. The van der Waals surface area contributed by atoms with Crippen molar-refractivity contribution in [3.05, 3.63) is 89.4 Å². The minimum absolute atomic E-state index is 0.455. The molecule has 0 spiro atoms. The molecule has 0 atom stereocenters. The van der Waals surface area contributed by atoms with Gasteiger partial charge in [0.1, 0.15) is 11.5 Å². The number of anilines is 1. The van der Waals surface area contributed by atoms with Crippen LogP contribution >= 0.6 is 23.7 Å². The highest BCUT2D eigenvalue weighted by atomic mass is 79.9. The second-order valence-corrected chi connectivity index (χ2v) is 7.34. The lowest BCUT2D eigenvalue weighted by atomic mass is 10.3. The number of hydrogen-bond donors (Lipinski definition) is 1. The Morgan fingerprint density at radius 1 is 0.708 bits per heavy atom. The van der Waals surface area contributed by atoms with Crippen molar-refractivity contribution >= 4 is 29.4 Å². The van der Waals surface area contributed by atoms with Gasteiger partial charge in [0.2, 0.25) is 0 Å². The van der Waals surface area contributed by atoms with Crippen molar-refractivity contribution < 1.29 is 13.6 Å². The van der Waals surface area contributed by atoms with E-state index in [4.69, 9.17) is 9.05 Å². The number of nitrogens with one attached hydrogen (secondary N) is 1. The Bertz CT molecular complexity index is 798. The zero-order chi connectivity index (χ0) is 16.8. The summed E-state index contributed by atoms with van der Waals surface area (Å²) in [6, 6.07) is 25.2. The molecule has 0 bridgehead atoms. The lowest BCUT2D eigenvalue weighted by Gasteiger charge is -2.21. The molecule has 0 radical (unpaired) electrons. The minimum Gasteiger partial charge on any atom is -0.400 e. The van der Waals surface area contributed by atoms with Gasteiger partial charge in [-0.05, 0) is 52.3 Å². The molecule has 3 rings (SSSR count). The molecule has 122 valence electrons. The van der Waals surface area contributed by atoms with Gasteiger partial charge in [0.15, 0.2) is 0 Å². The van der Waals surface area contributed by atoms with Crippen LogP contribution in [0.1, 0.15) is 0 Å². The Morgan fingerprint density at radius 3 is 1.67 bits per heavy atom. The van der Waals surface area contributed by atoms with Crippen LogP contribution in [-0.4, -0.2) is 0 Å². The highest BCUT2D eigenvalue weighted by Crippen LogP contribution is 2.49. The molecule has 4 nitrogen and oxygen atoms in total. The molecule has 0 heterocycles. The van der Waals surface area contributed by atoms with Crippen molar-refractivity contribution in [2.24, 2.45) is 0 Å². The number of benzene rings is 3. The van der Waals surface area contributed by atoms with Crippen LogP contribution < -0.4 is 14.1 Å². The fraction of sp³-hybridized carbons (Fsp3) is 0. The summed E-state index contributed by atoms with van der Waals surface area (Å²) in [5, 5.41) is 2.88. The normalized spacial score (nSPS) is 10.9. The lowest BCUT2D eigenvalue weighted by molar-refractivity contribution is 0.393. The lowest BCUT2D eigenvalue weighted by Crippen LogP contribution is -2.10. The maximum atomic E-state index is 13.3. The Kier molecular flexibility index (Phi) is 5.24. The van der Waals surface area contributed by atoms with E-state index in [1.54, 1.807) is 54.6 Å². The van der Waals surface area contributed by atoms with E-state index in [1.807, 2.05) is 30.3 Å². The highest BCUT2D eigenvalue weighted by Gasteiger charge is 2.29. The average molecular weight is 404 g/mol. The smallest absolute Gasteiger partial charge is 0.400 e. The van der Waals surface area contributed by atoms with Gasteiger partial charge in [0, 0.05) is 4.47 Å². The second-order valence-electron chi connectivity index (χ2n) is 4.90. The minimum atomic E-state index is -3.69. The van der Waals surface area contributed by atoms with Gasteiger partial charge >= 0.3 is 7.75 Å². The van der Waals surface area contributed by atoms with E-state index >= 15 is 0 Å². The van der Waals surface area contributed by atoms with Crippen LogP contribution in [0.25, 0.3) is 0 Å². The number of para-hydroxylation sites is 3. The van der Waals surface area contributed by atoms with Crippen LogP contribution in [0.2, 0.25) is 0 Å². The summed E-state index contributed by atoms with van der Waals surface area (Å²) in [5.41, 5.74) is 0.618. The van der Waals surface area contributed by atoms with Crippen LogP contribution in [0.5, 0.6) is 11.5 Å². The van der Waals surface area contributed by atoms with Gasteiger partial charge in [-0.15, -0.1) is 0 Å². The number of halogens is 1. The van der Waals surface area contributed by atoms with Gasteiger partial charge in [-0.3, -0.25) is 5.09 Å². The Labute approximate surface area is 149 Å². The van der Waals surface area contributed by atoms with Crippen LogP contribution in [0.3, 0.4) is 0 Å². The van der Waals surface area contributed by atoms with Crippen molar-refractivity contribution in [2.45, 2.75) is 0 Å². The van der Waals surface area contributed by atoms with Crippen molar-refractivity contribution in [3.8, 4) is 11.5 Å². The predicted octanol–water partition coefficient (Wildman–Crippen LogP) is 6.13. The fourth-order valence-electron chi connectivity index (χ4n) is 2.00. The summed E-state index contributed by atoms with van der Waals surface area (Å²) in [6.07, 6.45) is 0. The van der Waals surface area contributed by atoms with Crippen molar-refractivity contribution in [3.63, 3.8) is 0 Å². The van der Waals surface area contributed by atoms with Gasteiger partial charge in [0.05, 0.1) is 5.69 Å². The maximum absolute atomic E-state index is 13.3. The van der Waals surface area contributed by atoms with E-state index in [2.05, 4.69) is 21.0 Å². The molecule has 3 aromatic rings. The van der Waals surface area contributed by atoms with E-state index in [-0.39, 0.29) is 0 Å². The molecule has 1 N–H and O–H groups in total. The zero-order valence-electron chi connectivity index (χ0n) is 12.6. The standard InChI is InChI=1S/C18H15BrNO3P/c19-17-13-7-8-14-18(17)20-24(21,22-15-9-3-1-4-10-15)23-16-11-5-2-6-12-16/h1-14H,(H,20,21). The number of rotatable bonds is 6. The van der Waals surface area contributed by atoms with Gasteiger partial charge in [-0.25, -0.2) is 4.57 Å². The SMILES string of the molecule is O=P(Nc1ccccc1Br)(Oc1ccccc1)Oc1ccccc1. The average Bonchev–Trinajstić information content (AvgIpc) is 2.58. The first-order valence-electron chi connectivity index (χ1n) is 7.27. The van der Waals surface area contributed by atoms with E-state index in [9.17, 15) is 4.57 Å². The first kappa shape index (κ1) is 16.6. The third kappa shape index (κ3) is 4.40. The van der Waals surface area contributed by atoms with E-state index in [0.717, 1.165) is 4.47 Å². The van der Waals surface area contributed by atoms with Gasteiger partial charge in [-0.2, -0.15) is 0 Å². The van der Waals surface area contributed by atoms with E-state index in [1.165, 1.54) is 0 Å². The van der Waals surface area contributed by atoms with Crippen molar-refractivity contribution in [1.82, 2.24) is 0 Å². The fourth-order valence-corrected chi connectivity index (χ4v) is 3.96. The van der Waals surface area contributed by atoms with E-state index in [0.29, 0.717) is 17.2 Å². The quantitative estimate of drug-likeness (QED) is 0.503. The molecule has 0 amide bonds. The molecule has 0 aromatic heterocycles. The summed E-state index contributed by atoms with van der Waals surface area (Å²) in [6.45, 7) is 0. The third-order valence-corrected chi connectivity index (χ3v) is 5.18. The predicted molar refractivity (Wildman–Crippen MR) is 99.5 cm³/mol. The van der Waals surface area contributed by atoms with Gasteiger partial charge < -0.3 is 9.05 Å². The monoisotopic (exact) mass is 403 g/mol. The summed E-state index contributed by atoms with van der Waals surface area (Å²) in [4.78, 5) is 0. The second kappa shape index (κ2) is 7.56. The van der Waals surface area contributed by atoms with Crippen LogP contribution in [0, 0.1) is 0 Å². The topological polar surface area (TPSA) is 47.6 Å². The first-order valence-corrected chi connectivity index (χ1v) is 9.60. The molecule has 0 aliphatic heterocycles. The maximum Gasteiger partial charge on any atom is 0.541 e. The van der Waals surface area contributed by atoms with Crippen LogP contribution in [0.15, 0.2) is 89.4 Å².